The summed E-state index contributed by atoms with van der Waals surface area (Å²) in [5.74, 6) is -3.71. The Morgan fingerprint density at radius 2 is 0.938 bits per heavy atom. The molecule has 2 rings (SSSR count). The number of nitrogens with zero attached hydrogens (tertiary/aromatic N) is 3. The van der Waals surface area contributed by atoms with Gasteiger partial charge >= 0.3 is 39.9 Å². The second-order valence-electron chi connectivity index (χ2n) is 15.8. The van der Waals surface area contributed by atoms with Gasteiger partial charge in [-0.1, -0.05) is 34.6 Å². The van der Waals surface area contributed by atoms with E-state index in [1.165, 1.54) is 14.7 Å². The summed E-state index contributed by atoms with van der Waals surface area (Å²) in [6.45, 7) is 9.15. The van der Waals surface area contributed by atoms with Gasteiger partial charge in [0.15, 0.2) is 0 Å². The number of nitrogens with one attached hydrogen (secondary N) is 2. The van der Waals surface area contributed by atoms with E-state index in [2.05, 4.69) is 24.5 Å². The molecule has 0 fully saturated rings. The van der Waals surface area contributed by atoms with Crippen molar-refractivity contribution >= 4 is 35.7 Å². The van der Waals surface area contributed by atoms with Crippen molar-refractivity contribution in [2.24, 2.45) is 11.8 Å². The zero-order chi connectivity index (χ0) is 46.7. The van der Waals surface area contributed by atoms with E-state index < -0.39 is 61.7 Å². The Hall–Kier alpha value is -4.34. The second kappa shape index (κ2) is 32.3. The summed E-state index contributed by atoms with van der Waals surface area (Å²) in [7, 11) is 0. The third-order valence-electron chi connectivity index (χ3n) is 9.01. The largest absolute Gasteiger partial charge is 3.00 e. The molecule has 2 aromatic rings. The third kappa shape index (κ3) is 26.5. The molecule has 2 amide bonds. The van der Waals surface area contributed by atoms with E-state index in [0.29, 0.717) is 61.4 Å². The van der Waals surface area contributed by atoms with Crippen molar-refractivity contribution in [2.45, 2.75) is 60.3 Å². The molecular formula is C44H63GdN5O14-. The number of amides is 2. The first-order valence-corrected chi connectivity index (χ1v) is 21.2. The smallest absolute Gasteiger partial charge is 0.550 e. The minimum absolute atomic E-state index is 0. The number of carbonyl (C=O) groups is 6. The van der Waals surface area contributed by atoms with E-state index in [-0.39, 0.29) is 105 Å². The van der Waals surface area contributed by atoms with Crippen molar-refractivity contribution in [3.05, 3.63) is 47.5 Å². The van der Waals surface area contributed by atoms with Gasteiger partial charge in [0.2, 0.25) is 11.8 Å². The topological polar surface area (TPSA) is 265 Å². The van der Waals surface area contributed by atoms with Gasteiger partial charge in [0.25, 0.3) is 0 Å². The van der Waals surface area contributed by atoms with E-state index >= 15 is 0 Å². The fourth-order valence-electron chi connectivity index (χ4n) is 5.96. The van der Waals surface area contributed by atoms with Crippen LogP contribution in [0.1, 0.15) is 58.6 Å². The number of carbonyl (C=O) groups excluding carboxylic acids is 6. The number of benzene rings is 2. The Labute approximate surface area is 407 Å². The summed E-state index contributed by atoms with van der Waals surface area (Å²) >= 11 is 0. The molecular weight excluding hydrogens is 980 g/mol. The summed E-state index contributed by atoms with van der Waals surface area (Å²) in [5, 5.41) is 51.3. The predicted molar refractivity (Wildman–Crippen MR) is 222 cm³/mol. The minimum atomic E-state index is -1.47. The maximum Gasteiger partial charge on any atom is 3.00 e. The maximum absolute atomic E-state index is 12.8. The van der Waals surface area contributed by atoms with Crippen molar-refractivity contribution in [3.63, 3.8) is 0 Å². The SMILES string of the molecule is CCc1cc(OCC(C)C)ccc1OCCCNC(=O)CN(CCN(CCN(CC(=O)[O-])CC(=O)NCCCOc1ccc(OCC(C)C)cc1CC(=O)[O-])CC(=O)[O-])CC(=O)[O-].[Gd+3]. The van der Waals surface area contributed by atoms with Crippen LogP contribution < -0.4 is 50.0 Å². The van der Waals surface area contributed by atoms with E-state index in [1.807, 2.05) is 39.0 Å². The molecule has 0 atom stereocenters. The van der Waals surface area contributed by atoms with Gasteiger partial charge in [0.1, 0.15) is 23.0 Å². The van der Waals surface area contributed by atoms with E-state index in [9.17, 15) is 49.2 Å². The van der Waals surface area contributed by atoms with Crippen LogP contribution in [-0.4, -0.2) is 149 Å². The molecule has 0 unspecified atom stereocenters. The van der Waals surface area contributed by atoms with Gasteiger partial charge in [-0.25, -0.2) is 0 Å². The number of rotatable bonds is 35. The summed E-state index contributed by atoms with van der Waals surface area (Å²) < 4.78 is 23.1. The van der Waals surface area contributed by atoms with Gasteiger partial charge in [0.05, 0.1) is 57.4 Å². The molecule has 0 aliphatic rings. The number of carboxylic acid groups (broad SMARTS) is 4. The van der Waals surface area contributed by atoms with Gasteiger partial charge in [-0.2, -0.15) is 0 Å². The number of carboxylic acids is 4. The van der Waals surface area contributed by atoms with Crippen LogP contribution in [0.25, 0.3) is 0 Å². The average Bonchev–Trinajstić information content (AvgIpc) is 3.19. The number of ether oxygens (including phenoxy) is 4. The van der Waals surface area contributed by atoms with Crippen molar-refractivity contribution in [1.29, 1.82) is 0 Å². The standard InChI is InChI=1S/C44H67N5O14.Gd/c1-6-33-21-35(62-29-31(2)3)9-11-37(33)60-19-7-13-45-39(50)24-48(27-43(56)57)17-15-47(26-42(54)55)16-18-49(28-44(58)59)25-40(51)46-14-8-20-61-38-12-10-36(63-30-32(4)5)22-34(38)23-41(52)53;/h9-12,21-22,31-32H,6-8,13-20,23-30H2,1-5H3,(H,45,50)(H,46,51)(H,52,53)(H,54,55)(H,56,57)(H,58,59);/q;+3/p-4. The zero-order valence-corrected chi connectivity index (χ0v) is 39.7. The molecule has 0 saturated carbocycles. The van der Waals surface area contributed by atoms with Crippen LogP contribution >= 0.6 is 0 Å². The van der Waals surface area contributed by atoms with Crippen LogP contribution in [0.2, 0.25) is 0 Å². The number of hydrogen-bond donors (Lipinski definition) is 2. The van der Waals surface area contributed by atoms with Gasteiger partial charge < -0.3 is 69.2 Å². The quantitative estimate of drug-likeness (QED) is 0.0663. The summed E-state index contributed by atoms with van der Waals surface area (Å²) in [4.78, 5) is 75.3. The molecule has 357 valence electrons. The molecule has 2 aromatic carbocycles. The Bertz CT molecular complexity index is 1760. The molecule has 64 heavy (non-hydrogen) atoms. The first-order chi connectivity index (χ1) is 29.9. The third-order valence-corrected chi connectivity index (χ3v) is 9.01. The monoisotopic (exact) mass is 1040 g/mol. The molecule has 19 nitrogen and oxygen atoms in total. The molecule has 0 heterocycles. The van der Waals surface area contributed by atoms with E-state index in [4.69, 9.17) is 18.9 Å². The van der Waals surface area contributed by atoms with Crippen LogP contribution in [0, 0.1) is 51.8 Å². The number of aryl methyl sites for hydroxylation is 1. The van der Waals surface area contributed by atoms with Crippen molar-refractivity contribution in [1.82, 2.24) is 25.3 Å². The molecule has 0 aliphatic heterocycles. The fraction of sp³-hybridized carbons (Fsp3) is 0.591. The van der Waals surface area contributed by atoms with Crippen LogP contribution in [-0.2, 0) is 41.6 Å². The van der Waals surface area contributed by atoms with Crippen molar-refractivity contribution in [2.75, 3.05) is 98.4 Å². The normalized spacial score (nSPS) is 11.1. The van der Waals surface area contributed by atoms with E-state index in [1.54, 1.807) is 18.2 Å². The number of hydrogen-bond acceptors (Lipinski definition) is 17. The maximum atomic E-state index is 12.8. The fourth-order valence-corrected chi connectivity index (χ4v) is 5.96. The predicted octanol–water partition coefficient (Wildman–Crippen LogP) is -2.76. The van der Waals surface area contributed by atoms with Crippen LogP contribution in [0.5, 0.6) is 23.0 Å². The Morgan fingerprint density at radius 3 is 1.33 bits per heavy atom. The zero-order valence-electron chi connectivity index (χ0n) is 37.5. The minimum Gasteiger partial charge on any atom is -0.550 e. The number of aliphatic carboxylic acids is 4. The molecule has 0 spiro atoms. The molecule has 0 bridgehead atoms. The first-order valence-electron chi connectivity index (χ1n) is 21.2. The molecule has 0 aliphatic carbocycles. The Balaban J connectivity index is 0.0000205. The molecule has 0 aromatic heterocycles. The van der Waals surface area contributed by atoms with Crippen LogP contribution in [0.15, 0.2) is 36.4 Å². The molecule has 0 saturated heterocycles. The Morgan fingerprint density at radius 1 is 0.547 bits per heavy atom. The van der Waals surface area contributed by atoms with E-state index in [0.717, 1.165) is 17.7 Å². The van der Waals surface area contributed by atoms with Crippen LogP contribution in [0.3, 0.4) is 0 Å². The summed E-state index contributed by atoms with van der Waals surface area (Å²) in [6, 6.07) is 10.5. The summed E-state index contributed by atoms with van der Waals surface area (Å²) in [5.41, 5.74) is 1.35. The molecule has 2 N–H and O–H groups in total. The van der Waals surface area contributed by atoms with Crippen molar-refractivity contribution < 1.29 is 108 Å². The van der Waals surface area contributed by atoms with Gasteiger partial charge in [-0.15, -0.1) is 0 Å². The van der Waals surface area contributed by atoms with Crippen molar-refractivity contribution in [3.8, 4) is 23.0 Å². The average molecular weight is 1040 g/mol. The van der Waals surface area contributed by atoms with Crippen LogP contribution in [0.4, 0.5) is 0 Å². The molecule has 20 heteroatoms. The van der Waals surface area contributed by atoms with Gasteiger partial charge in [-0.05, 0) is 73.1 Å². The summed E-state index contributed by atoms with van der Waals surface area (Å²) in [6.07, 6.45) is 1.13. The molecule has 1 radical (unpaired) electrons. The Kier molecular flexibility index (Phi) is 29.1. The van der Waals surface area contributed by atoms with Gasteiger partial charge in [-0.3, -0.25) is 24.3 Å². The van der Waals surface area contributed by atoms with Gasteiger partial charge in [0, 0.05) is 76.9 Å². The second-order valence-corrected chi connectivity index (χ2v) is 15.8. The first kappa shape index (κ1) is 57.7.